The SMILES string of the molecule is CNc1ccc(C)cc1C(=O)N1CCC(O)CC1. The van der Waals surface area contributed by atoms with Crippen molar-refractivity contribution < 1.29 is 9.90 Å². The molecule has 1 aliphatic rings. The Balaban J connectivity index is 2.20. The van der Waals surface area contributed by atoms with Crippen molar-refractivity contribution >= 4 is 11.6 Å². The highest BCUT2D eigenvalue weighted by Gasteiger charge is 2.23. The first kappa shape index (κ1) is 12.9. The second kappa shape index (κ2) is 5.40. The predicted molar refractivity (Wildman–Crippen MR) is 71.9 cm³/mol. The van der Waals surface area contributed by atoms with Crippen molar-refractivity contribution in [2.24, 2.45) is 0 Å². The molecule has 1 heterocycles. The normalized spacial score (nSPS) is 16.7. The second-order valence-corrected chi connectivity index (χ2v) is 4.82. The van der Waals surface area contributed by atoms with Gasteiger partial charge in [-0.15, -0.1) is 0 Å². The zero-order valence-electron chi connectivity index (χ0n) is 10.9. The molecule has 2 rings (SSSR count). The fraction of sp³-hybridized carbons (Fsp3) is 0.500. The number of hydrogen-bond donors (Lipinski definition) is 2. The molecule has 1 amide bonds. The van der Waals surface area contributed by atoms with Gasteiger partial charge in [0.15, 0.2) is 0 Å². The Hall–Kier alpha value is -1.55. The van der Waals surface area contributed by atoms with Crippen LogP contribution >= 0.6 is 0 Å². The number of carbonyl (C=O) groups excluding carboxylic acids is 1. The lowest BCUT2D eigenvalue weighted by molar-refractivity contribution is 0.0547. The van der Waals surface area contributed by atoms with E-state index in [9.17, 15) is 9.90 Å². The van der Waals surface area contributed by atoms with Crippen LogP contribution in [0, 0.1) is 6.92 Å². The van der Waals surface area contributed by atoms with Crippen LogP contribution in [0.2, 0.25) is 0 Å². The van der Waals surface area contributed by atoms with Gasteiger partial charge >= 0.3 is 0 Å². The lowest BCUT2D eigenvalue weighted by Crippen LogP contribution is -2.40. The highest BCUT2D eigenvalue weighted by atomic mass is 16.3. The molecule has 0 bridgehead atoms. The van der Waals surface area contributed by atoms with Gasteiger partial charge in [0.2, 0.25) is 0 Å². The minimum absolute atomic E-state index is 0.0509. The van der Waals surface area contributed by atoms with E-state index < -0.39 is 0 Å². The van der Waals surface area contributed by atoms with Gasteiger partial charge in [0.25, 0.3) is 5.91 Å². The molecule has 1 aromatic carbocycles. The Morgan fingerprint density at radius 3 is 2.67 bits per heavy atom. The number of amides is 1. The Morgan fingerprint density at radius 1 is 1.39 bits per heavy atom. The van der Waals surface area contributed by atoms with Gasteiger partial charge in [-0.1, -0.05) is 11.6 Å². The smallest absolute Gasteiger partial charge is 0.255 e. The van der Waals surface area contributed by atoms with Crippen LogP contribution in [0.3, 0.4) is 0 Å². The van der Waals surface area contributed by atoms with Crippen LogP contribution in [0.4, 0.5) is 5.69 Å². The van der Waals surface area contributed by atoms with E-state index in [0.29, 0.717) is 31.5 Å². The first-order valence-electron chi connectivity index (χ1n) is 6.37. The van der Waals surface area contributed by atoms with E-state index in [2.05, 4.69) is 5.32 Å². The number of piperidine rings is 1. The maximum Gasteiger partial charge on any atom is 0.255 e. The first-order valence-corrected chi connectivity index (χ1v) is 6.37. The molecule has 0 spiro atoms. The predicted octanol–water partition coefficient (Wildman–Crippen LogP) is 1.63. The molecule has 0 radical (unpaired) electrons. The molecular formula is C14H20N2O2. The van der Waals surface area contributed by atoms with E-state index in [1.807, 2.05) is 37.1 Å². The number of aliphatic hydroxyl groups is 1. The topological polar surface area (TPSA) is 52.6 Å². The molecule has 0 aliphatic carbocycles. The largest absolute Gasteiger partial charge is 0.393 e. The third-order valence-electron chi connectivity index (χ3n) is 3.43. The van der Waals surface area contributed by atoms with E-state index >= 15 is 0 Å². The van der Waals surface area contributed by atoms with Gasteiger partial charge in [0.05, 0.1) is 11.7 Å². The number of aliphatic hydroxyl groups excluding tert-OH is 1. The van der Waals surface area contributed by atoms with Crippen LogP contribution in [0.5, 0.6) is 0 Å². The Bertz CT molecular complexity index is 437. The molecule has 1 aromatic rings. The number of benzene rings is 1. The van der Waals surface area contributed by atoms with Crippen LogP contribution in [0.25, 0.3) is 0 Å². The molecule has 4 nitrogen and oxygen atoms in total. The van der Waals surface area contributed by atoms with Gasteiger partial charge in [-0.2, -0.15) is 0 Å². The zero-order chi connectivity index (χ0) is 13.1. The molecule has 0 aromatic heterocycles. The summed E-state index contributed by atoms with van der Waals surface area (Å²) < 4.78 is 0. The summed E-state index contributed by atoms with van der Waals surface area (Å²) >= 11 is 0. The van der Waals surface area contributed by atoms with Crippen molar-refractivity contribution in [3.63, 3.8) is 0 Å². The van der Waals surface area contributed by atoms with Crippen LogP contribution < -0.4 is 5.32 Å². The Morgan fingerprint density at radius 2 is 2.06 bits per heavy atom. The lowest BCUT2D eigenvalue weighted by atomic mass is 10.0. The van der Waals surface area contributed by atoms with Crippen LogP contribution in [-0.4, -0.2) is 42.2 Å². The summed E-state index contributed by atoms with van der Waals surface area (Å²) in [5.41, 5.74) is 2.65. The number of aryl methyl sites for hydroxylation is 1. The van der Waals surface area contributed by atoms with Crippen LogP contribution in [0.15, 0.2) is 18.2 Å². The lowest BCUT2D eigenvalue weighted by Gasteiger charge is -2.30. The number of rotatable bonds is 2. The summed E-state index contributed by atoms with van der Waals surface area (Å²) in [5.74, 6) is 0.0509. The van der Waals surface area contributed by atoms with Gasteiger partial charge in [-0.05, 0) is 31.9 Å². The molecule has 1 saturated heterocycles. The Kier molecular flexibility index (Phi) is 3.87. The third-order valence-corrected chi connectivity index (χ3v) is 3.43. The first-order chi connectivity index (χ1) is 8.61. The van der Waals surface area contributed by atoms with Crippen molar-refractivity contribution in [3.8, 4) is 0 Å². The van der Waals surface area contributed by atoms with Gasteiger partial charge in [-0.3, -0.25) is 4.79 Å². The fourth-order valence-corrected chi connectivity index (χ4v) is 2.29. The number of anilines is 1. The molecule has 2 N–H and O–H groups in total. The molecule has 1 aliphatic heterocycles. The summed E-state index contributed by atoms with van der Waals surface area (Å²) in [7, 11) is 1.82. The average molecular weight is 248 g/mol. The second-order valence-electron chi connectivity index (χ2n) is 4.82. The van der Waals surface area contributed by atoms with Crippen molar-refractivity contribution in [3.05, 3.63) is 29.3 Å². The van der Waals surface area contributed by atoms with Crippen molar-refractivity contribution in [2.75, 3.05) is 25.5 Å². The maximum atomic E-state index is 12.4. The molecule has 98 valence electrons. The third kappa shape index (κ3) is 2.64. The molecule has 4 heteroatoms. The number of hydrogen-bond acceptors (Lipinski definition) is 3. The summed E-state index contributed by atoms with van der Waals surface area (Å²) in [6.45, 7) is 3.25. The molecule has 18 heavy (non-hydrogen) atoms. The molecule has 0 unspecified atom stereocenters. The van der Waals surface area contributed by atoms with Gasteiger partial charge < -0.3 is 15.3 Å². The van der Waals surface area contributed by atoms with Crippen molar-refractivity contribution in [1.29, 1.82) is 0 Å². The van der Waals surface area contributed by atoms with Gasteiger partial charge in [-0.25, -0.2) is 0 Å². The maximum absolute atomic E-state index is 12.4. The summed E-state index contributed by atoms with van der Waals surface area (Å²) in [6, 6.07) is 5.84. The quantitative estimate of drug-likeness (QED) is 0.836. The minimum Gasteiger partial charge on any atom is -0.393 e. The number of carbonyl (C=O) groups is 1. The van der Waals surface area contributed by atoms with E-state index in [0.717, 1.165) is 11.3 Å². The van der Waals surface area contributed by atoms with E-state index in [4.69, 9.17) is 0 Å². The zero-order valence-corrected chi connectivity index (χ0v) is 10.9. The van der Waals surface area contributed by atoms with E-state index in [1.54, 1.807) is 0 Å². The molecule has 0 atom stereocenters. The summed E-state index contributed by atoms with van der Waals surface area (Å²) in [6.07, 6.45) is 1.09. The van der Waals surface area contributed by atoms with E-state index in [-0.39, 0.29) is 12.0 Å². The monoisotopic (exact) mass is 248 g/mol. The molecule has 1 fully saturated rings. The summed E-state index contributed by atoms with van der Waals surface area (Å²) in [5, 5.41) is 12.5. The van der Waals surface area contributed by atoms with Gasteiger partial charge in [0, 0.05) is 25.8 Å². The fourth-order valence-electron chi connectivity index (χ4n) is 2.29. The number of nitrogens with one attached hydrogen (secondary N) is 1. The number of nitrogens with zero attached hydrogens (tertiary/aromatic N) is 1. The average Bonchev–Trinajstić information content (AvgIpc) is 2.39. The molecular weight excluding hydrogens is 228 g/mol. The van der Waals surface area contributed by atoms with Gasteiger partial charge in [0.1, 0.15) is 0 Å². The van der Waals surface area contributed by atoms with Crippen LogP contribution in [0.1, 0.15) is 28.8 Å². The van der Waals surface area contributed by atoms with Crippen molar-refractivity contribution in [1.82, 2.24) is 4.90 Å². The highest BCUT2D eigenvalue weighted by Crippen LogP contribution is 2.21. The minimum atomic E-state index is -0.254. The number of likely N-dealkylation sites (tertiary alicyclic amines) is 1. The summed E-state index contributed by atoms with van der Waals surface area (Å²) in [4.78, 5) is 14.3. The van der Waals surface area contributed by atoms with E-state index in [1.165, 1.54) is 0 Å². The standard InChI is InChI=1S/C14H20N2O2/c1-10-3-4-13(15-2)12(9-10)14(18)16-7-5-11(17)6-8-16/h3-4,9,11,15,17H,5-8H2,1-2H3. The Labute approximate surface area is 108 Å². The highest BCUT2D eigenvalue weighted by molar-refractivity contribution is 5.99. The van der Waals surface area contributed by atoms with Crippen LogP contribution in [-0.2, 0) is 0 Å². The van der Waals surface area contributed by atoms with Crippen molar-refractivity contribution in [2.45, 2.75) is 25.9 Å². The molecule has 0 saturated carbocycles.